The fourth-order valence-corrected chi connectivity index (χ4v) is 2.86. The van der Waals surface area contributed by atoms with Crippen molar-refractivity contribution in [2.24, 2.45) is 0 Å². The van der Waals surface area contributed by atoms with Crippen LogP contribution >= 0.6 is 0 Å². The Kier molecular flexibility index (Phi) is 8.80. The number of nitrogens with two attached hydrogens (primary N) is 1. The van der Waals surface area contributed by atoms with E-state index in [1.54, 1.807) is 31.2 Å². The van der Waals surface area contributed by atoms with Gasteiger partial charge in [0.05, 0.1) is 13.7 Å². The molecule has 0 radical (unpaired) electrons. The minimum absolute atomic E-state index is 0.0949. The van der Waals surface area contributed by atoms with E-state index in [4.69, 9.17) is 10.5 Å². The van der Waals surface area contributed by atoms with Crippen molar-refractivity contribution in [1.29, 1.82) is 0 Å². The molecule has 0 unspecified atom stereocenters. The summed E-state index contributed by atoms with van der Waals surface area (Å²) in [4.78, 5) is 37.1. The van der Waals surface area contributed by atoms with Crippen LogP contribution in [0.15, 0.2) is 48.5 Å². The van der Waals surface area contributed by atoms with Gasteiger partial charge in [-0.2, -0.15) is 0 Å². The highest BCUT2D eigenvalue weighted by molar-refractivity contribution is 5.90. The smallest absolute Gasteiger partial charge is 0.407 e. The highest BCUT2D eigenvalue weighted by Gasteiger charge is 2.28. The van der Waals surface area contributed by atoms with Crippen LogP contribution in [0.2, 0.25) is 0 Å². The minimum Gasteiger partial charge on any atom is -0.464 e. The first-order valence-electron chi connectivity index (χ1n) is 9.72. The number of hydrogen-bond donors (Lipinski definition) is 3. The molecule has 0 aliphatic rings. The predicted octanol–water partition coefficient (Wildman–Crippen LogP) is 1.97. The lowest BCUT2D eigenvalue weighted by atomic mass is 10.0. The van der Waals surface area contributed by atoms with Crippen LogP contribution in [0, 0.1) is 5.82 Å². The standard InChI is InChI=1S/C22H26FN3O5/c1-3-31-21(28)19(13-14-4-8-16(23)9-5-14)25-20(27)18(26-22(29)30-2)12-15-6-10-17(24)11-7-15/h4-11,18-19H,3,12-13,24H2,1-2H3,(H,25,27)(H,26,29)/t18-,19-/m0/s1. The number of rotatable bonds is 9. The summed E-state index contributed by atoms with van der Waals surface area (Å²) in [6.07, 6.45) is -0.549. The summed E-state index contributed by atoms with van der Waals surface area (Å²) in [5.74, 6) is -1.64. The van der Waals surface area contributed by atoms with Crippen LogP contribution in [0.5, 0.6) is 0 Å². The van der Waals surface area contributed by atoms with Gasteiger partial charge in [0, 0.05) is 18.5 Å². The molecular weight excluding hydrogens is 405 g/mol. The molecule has 166 valence electrons. The first kappa shape index (κ1) is 23.7. The van der Waals surface area contributed by atoms with E-state index in [1.165, 1.54) is 31.4 Å². The fourth-order valence-electron chi connectivity index (χ4n) is 2.86. The van der Waals surface area contributed by atoms with E-state index in [0.29, 0.717) is 11.3 Å². The molecule has 2 atom stereocenters. The van der Waals surface area contributed by atoms with Gasteiger partial charge in [0.15, 0.2) is 0 Å². The molecule has 4 N–H and O–H groups in total. The van der Waals surface area contributed by atoms with Crippen molar-refractivity contribution in [3.8, 4) is 0 Å². The monoisotopic (exact) mass is 431 g/mol. The van der Waals surface area contributed by atoms with Crippen molar-refractivity contribution in [2.75, 3.05) is 19.5 Å². The summed E-state index contributed by atoms with van der Waals surface area (Å²) >= 11 is 0. The van der Waals surface area contributed by atoms with Crippen molar-refractivity contribution >= 4 is 23.7 Å². The lowest BCUT2D eigenvalue weighted by Crippen LogP contribution is -2.53. The van der Waals surface area contributed by atoms with Crippen molar-refractivity contribution in [3.63, 3.8) is 0 Å². The summed E-state index contributed by atoms with van der Waals surface area (Å²) in [6, 6.07) is 10.4. The van der Waals surface area contributed by atoms with Crippen LogP contribution in [-0.2, 0) is 31.9 Å². The number of ether oxygens (including phenoxy) is 2. The number of carbonyl (C=O) groups is 3. The predicted molar refractivity (Wildman–Crippen MR) is 113 cm³/mol. The average molecular weight is 431 g/mol. The molecule has 0 aliphatic heterocycles. The molecule has 31 heavy (non-hydrogen) atoms. The molecule has 2 aromatic carbocycles. The Balaban J connectivity index is 2.19. The molecule has 0 heterocycles. The molecule has 0 fully saturated rings. The maximum absolute atomic E-state index is 13.2. The number of carbonyl (C=O) groups excluding carboxylic acids is 3. The fraction of sp³-hybridized carbons (Fsp3) is 0.318. The summed E-state index contributed by atoms with van der Waals surface area (Å²) in [5.41, 5.74) is 7.63. The zero-order valence-electron chi connectivity index (χ0n) is 17.4. The van der Waals surface area contributed by atoms with Crippen molar-refractivity contribution in [1.82, 2.24) is 10.6 Å². The highest BCUT2D eigenvalue weighted by Crippen LogP contribution is 2.11. The van der Waals surface area contributed by atoms with Gasteiger partial charge in [0.1, 0.15) is 17.9 Å². The van der Waals surface area contributed by atoms with Crippen LogP contribution < -0.4 is 16.4 Å². The molecule has 0 bridgehead atoms. The van der Waals surface area contributed by atoms with E-state index < -0.39 is 35.9 Å². The highest BCUT2D eigenvalue weighted by atomic mass is 19.1. The number of benzene rings is 2. The second-order valence-corrected chi connectivity index (χ2v) is 6.78. The van der Waals surface area contributed by atoms with Crippen molar-refractivity contribution < 1.29 is 28.2 Å². The number of hydrogen-bond acceptors (Lipinski definition) is 6. The van der Waals surface area contributed by atoms with Crippen LogP contribution in [0.1, 0.15) is 18.1 Å². The second-order valence-electron chi connectivity index (χ2n) is 6.78. The lowest BCUT2D eigenvalue weighted by molar-refractivity contribution is -0.147. The van der Waals surface area contributed by atoms with E-state index >= 15 is 0 Å². The van der Waals surface area contributed by atoms with E-state index in [9.17, 15) is 18.8 Å². The van der Waals surface area contributed by atoms with E-state index in [1.807, 2.05) is 0 Å². The number of esters is 1. The van der Waals surface area contributed by atoms with Crippen molar-refractivity contribution in [3.05, 3.63) is 65.5 Å². The first-order valence-corrected chi connectivity index (χ1v) is 9.72. The van der Waals surface area contributed by atoms with Gasteiger partial charge in [-0.3, -0.25) is 4.79 Å². The SMILES string of the molecule is CCOC(=O)[C@H](Cc1ccc(F)cc1)NC(=O)[C@H](Cc1ccc(N)cc1)NC(=O)OC. The molecule has 0 aliphatic carbocycles. The molecule has 8 nitrogen and oxygen atoms in total. The van der Waals surface area contributed by atoms with Crippen LogP contribution in [-0.4, -0.2) is 43.8 Å². The topological polar surface area (TPSA) is 120 Å². The number of nitrogen functional groups attached to an aromatic ring is 1. The maximum atomic E-state index is 13.2. The first-order chi connectivity index (χ1) is 14.8. The Hall–Kier alpha value is -3.62. The van der Waals surface area contributed by atoms with E-state index in [2.05, 4.69) is 15.4 Å². The Bertz CT molecular complexity index is 887. The van der Waals surface area contributed by atoms with Gasteiger partial charge in [-0.1, -0.05) is 24.3 Å². The largest absolute Gasteiger partial charge is 0.464 e. The summed E-state index contributed by atoms with van der Waals surface area (Å²) in [5, 5.41) is 5.09. The van der Waals surface area contributed by atoms with Gasteiger partial charge >= 0.3 is 12.1 Å². The molecule has 0 saturated heterocycles. The number of nitrogens with one attached hydrogen (secondary N) is 2. The molecule has 9 heteroatoms. The van der Waals surface area contributed by atoms with E-state index in [-0.39, 0.29) is 19.4 Å². The van der Waals surface area contributed by atoms with Crippen LogP contribution in [0.4, 0.5) is 14.9 Å². The number of halogens is 1. The molecule has 0 aromatic heterocycles. The second kappa shape index (κ2) is 11.5. The maximum Gasteiger partial charge on any atom is 0.407 e. The van der Waals surface area contributed by atoms with Crippen LogP contribution in [0.25, 0.3) is 0 Å². The Morgan fingerprint density at radius 2 is 1.48 bits per heavy atom. The summed E-state index contributed by atoms with van der Waals surface area (Å²) in [6.45, 7) is 1.78. The molecule has 2 aromatic rings. The van der Waals surface area contributed by atoms with E-state index in [0.717, 1.165) is 5.56 Å². The third kappa shape index (κ3) is 7.61. The zero-order chi connectivity index (χ0) is 22.8. The average Bonchev–Trinajstić information content (AvgIpc) is 2.75. The minimum atomic E-state index is -1.02. The van der Waals surface area contributed by atoms with Gasteiger partial charge in [0.25, 0.3) is 0 Å². The third-order valence-electron chi connectivity index (χ3n) is 4.45. The number of alkyl carbamates (subject to hydrolysis) is 1. The third-order valence-corrected chi connectivity index (χ3v) is 4.45. The Morgan fingerprint density at radius 3 is 2.03 bits per heavy atom. The normalized spacial score (nSPS) is 12.4. The summed E-state index contributed by atoms with van der Waals surface area (Å²) in [7, 11) is 1.18. The Labute approximate surface area is 179 Å². The summed E-state index contributed by atoms with van der Waals surface area (Å²) < 4.78 is 22.9. The van der Waals surface area contributed by atoms with Gasteiger partial charge < -0.3 is 25.8 Å². The molecular formula is C22H26FN3O5. The molecule has 2 rings (SSSR count). The van der Waals surface area contributed by atoms with Gasteiger partial charge in [-0.15, -0.1) is 0 Å². The molecule has 2 amide bonds. The van der Waals surface area contributed by atoms with Gasteiger partial charge in [0.2, 0.25) is 5.91 Å². The van der Waals surface area contributed by atoms with Crippen LogP contribution in [0.3, 0.4) is 0 Å². The van der Waals surface area contributed by atoms with Gasteiger partial charge in [-0.05, 0) is 42.3 Å². The molecule has 0 spiro atoms. The zero-order valence-corrected chi connectivity index (χ0v) is 17.4. The number of methoxy groups -OCH3 is 1. The van der Waals surface area contributed by atoms with Gasteiger partial charge in [-0.25, -0.2) is 14.0 Å². The molecule has 0 saturated carbocycles. The quantitative estimate of drug-likeness (QED) is 0.412. The Morgan fingerprint density at radius 1 is 0.935 bits per heavy atom. The number of anilines is 1. The lowest BCUT2D eigenvalue weighted by Gasteiger charge is -2.22. The van der Waals surface area contributed by atoms with Crippen molar-refractivity contribution in [2.45, 2.75) is 31.8 Å². The number of amides is 2.